The number of ether oxygens (including phenoxy) is 1. The first-order valence-electron chi connectivity index (χ1n) is 6.91. The lowest BCUT2D eigenvalue weighted by Crippen LogP contribution is -2.07. The molecular formula is C17H19Br2NO. The molecule has 1 unspecified atom stereocenters. The molecule has 0 radical (unpaired) electrons. The zero-order chi connectivity index (χ0) is 15.6. The zero-order valence-electron chi connectivity index (χ0n) is 12.4. The first-order chi connectivity index (χ1) is 9.88. The Hall–Kier alpha value is -0.840. The third kappa shape index (κ3) is 4.09. The van der Waals surface area contributed by atoms with Crippen LogP contribution in [0.3, 0.4) is 0 Å². The molecule has 1 atom stereocenters. The fraction of sp³-hybridized carbons (Fsp3) is 0.294. The van der Waals surface area contributed by atoms with E-state index in [4.69, 9.17) is 10.5 Å². The highest BCUT2D eigenvalue weighted by Crippen LogP contribution is 2.36. The lowest BCUT2D eigenvalue weighted by molar-refractivity contribution is 0.463. The van der Waals surface area contributed by atoms with Gasteiger partial charge in [-0.2, -0.15) is 0 Å². The van der Waals surface area contributed by atoms with Crippen molar-refractivity contribution in [3.05, 3.63) is 56.5 Å². The molecule has 0 aromatic heterocycles. The predicted octanol–water partition coefficient (Wildman–Crippen LogP) is 6.15. The van der Waals surface area contributed by atoms with Crippen LogP contribution < -0.4 is 10.5 Å². The average Bonchev–Trinajstić information content (AvgIpc) is 2.40. The molecule has 0 saturated heterocycles. The molecule has 0 bridgehead atoms. The highest BCUT2D eigenvalue weighted by Gasteiger charge is 2.14. The number of hydrogen-bond acceptors (Lipinski definition) is 2. The summed E-state index contributed by atoms with van der Waals surface area (Å²) in [6.45, 7) is 6.27. The number of benzene rings is 2. The third-order valence-electron chi connectivity index (χ3n) is 3.28. The van der Waals surface area contributed by atoms with Gasteiger partial charge in [-0.25, -0.2) is 0 Å². The summed E-state index contributed by atoms with van der Waals surface area (Å²) in [6, 6.07) is 11.9. The van der Waals surface area contributed by atoms with Gasteiger partial charge in [0.05, 0.1) is 0 Å². The van der Waals surface area contributed by atoms with Crippen molar-refractivity contribution in [2.45, 2.75) is 32.7 Å². The minimum Gasteiger partial charge on any atom is -0.457 e. The second-order valence-corrected chi connectivity index (χ2v) is 7.24. The SMILES string of the molecule is CC(C)c1cc(Br)ccc1Oc1cc(Br)ccc1C(C)N. The Balaban J connectivity index is 2.45. The van der Waals surface area contributed by atoms with Crippen molar-refractivity contribution in [2.24, 2.45) is 5.73 Å². The van der Waals surface area contributed by atoms with Crippen molar-refractivity contribution in [1.29, 1.82) is 0 Å². The summed E-state index contributed by atoms with van der Waals surface area (Å²) in [4.78, 5) is 0. The van der Waals surface area contributed by atoms with Gasteiger partial charge in [-0.15, -0.1) is 0 Å². The maximum absolute atomic E-state index is 6.17. The molecule has 2 nitrogen and oxygen atoms in total. The van der Waals surface area contributed by atoms with Crippen LogP contribution >= 0.6 is 31.9 Å². The summed E-state index contributed by atoms with van der Waals surface area (Å²) in [5.74, 6) is 2.04. The van der Waals surface area contributed by atoms with Crippen molar-refractivity contribution in [1.82, 2.24) is 0 Å². The molecule has 4 heteroatoms. The highest BCUT2D eigenvalue weighted by atomic mass is 79.9. The van der Waals surface area contributed by atoms with E-state index in [1.165, 1.54) is 5.56 Å². The summed E-state index contributed by atoms with van der Waals surface area (Å²) in [6.07, 6.45) is 0. The van der Waals surface area contributed by atoms with Crippen LogP contribution in [-0.4, -0.2) is 0 Å². The molecule has 0 aliphatic carbocycles. The van der Waals surface area contributed by atoms with Gasteiger partial charge < -0.3 is 10.5 Å². The third-order valence-corrected chi connectivity index (χ3v) is 4.27. The first kappa shape index (κ1) is 16.5. The van der Waals surface area contributed by atoms with Gasteiger partial charge in [0.2, 0.25) is 0 Å². The summed E-state index contributed by atoms with van der Waals surface area (Å²) in [5, 5.41) is 0. The Morgan fingerprint density at radius 3 is 2.10 bits per heavy atom. The minimum absolute atomic E-state index is 0.0777. The molecule has 0 fully saturated rings. The molecule has 0 aliphatic heterocycles. The minimum atomic E-state index is -0.0777. The van der Waals surface area contributed by atoms with Crippen LogP contribution in [0.4, 0.5) is 0 Å². The van der Waals surface area contributed by atoms with E-state index >= 15 is 0 Å². The quantitative estimate of drug-likeness (QED) is 0.653. The van der Waals surface area contributed by atoms with E-state index in [2.05, 4.69) is 51.8 Å². The van der Waals surface area contributed by atoms with Gasteiger partial charge in [-0.05, 0) is 48.7 Å². The predicted molar refractivity (Wildman–Crippen MR) is 95.0 cm³/mol. The van der Waals surface area contributed by atoms with E-state index in [1.54, 1.807) is 0 Å². The molecule has 0 heterocycles. The zero-order valence-corrected chi connectivity index (χ0v) is 15.5. The summed E-state index contributed by atoms with van der Waals surface area (Å²) < 4.78 is 8.20. The molecule has 0 aliphatic rings. The van der Waals surface area contributed by atoms with Gasteiger partial charge in [-0.1, -0.05) is 51.8 Å². The standard InChI is InChI=1S/C17H19Br2NO/c1-10(2)15-8-12(18)5-7-16(15)21-17-9-13(19)4-6-14(17)11(3)20/h4-11H,20H2,1-3H3. The molecular weight excluding hydrogens is 394 g/mol. The maximum Gasteiger partial charge on any atom is 0.133 e. The lowest BCUT2D eigenvalue weighted by atomic mass is 10.0. The van der Waals surface area contributed by atoms with Crippen LogP contribution in [0.15, 0.2) is 45.3 Å². The molecule has 2 rings (SSSR count). The number of halogens is 2. The molecule has 2 aromatic rings. The van der Waals surface area contributed by atoms with Crippen LogP contribution in [0.5, 0.6) is 11.5 Å². The topological polar surface area (TPSA) is 35.2 Å². The van der Waals surface area contributed by atoms with E-state index in [9.17, 15) is 0 Å². The van der Waals surface area contributed by atoms with Crippen molar-refractivity contribution in [3.8, 4) is 11.5 Å². The summed E-state index contributed by atoms with van der Waals surface area (Å²) in [5.41, 5.74) is 8.20. The van der Waals surface area contributed by atoms with E-state index < -0.39 is 0 Å². The molecule has 21 heavy (non-hydrogen) atoms. The van der Waals surface area contributed by atoms with Crippen LogP contribution in [-0.2, 0) is 0 Å². The van der Waals surface area contributed by atoms with Crippen LogP contribution in [0.25, 0.3) is 0 Å². The lowest BCUT2D eigenvalue weighted by Gasteiger charge is -2.18. The van der Waals surface area contributed by atoms with Crippen molar-refractivity contribution in [3.63, 3.8) is 0 Å². The van der Waals surface area contributed by atoms with Gasteiger partial charge in [0, 0.05) is 20.6 Å². The molecule has 0 saturated carbocycles. The Bertz CT molecular complexity index is 639. The fourth-order valence-corrected chi connectivity index (χ4v) is 2.87. The smallest absolute Gasteiger partial charge is 0.133 e. The molecule has 2 N–H and O–H groups in total. The van der Waals surface area contributed by atoms with Gasteiger partial charge in [0.1, 0.15) is 11.5 Å². The number of nitrogens with two attached hydrogens (primary N) is 1. The first-order valence-corrected chi connectivity index (χ1v) is 8.49. The van der Waals surface area contributed by atoms with Gasteiger partial charge in [0.25, 0.3) is 0 Å². The van der Waals surface area contributed by atoms with Crippen LogP contribution in [0.2, 0.25) is 0 Å². The van der Waals surface area contributed by atoms with Crippen LogP contribution in [0, 0.1) is 0 Å². The van der Waals surface area contributed by atoms with Crippen molar-refractivity contribution in [2.75, 3.05) is 0 Å². The van der Waals surface area contributed by atoms with Crippen LogP contribution in [0.1, 0.15) is 43.9 Å². The largest absolute Gasteiger partial charge is 0.457 e. The van der Waals surface area contributed by atoms with E-state index in [1.807, 2.05) is 37.3 Å². The van der Waals surface area contributed by atoms with E-state index in [-0.39, 0.29) is 6.04 Å². The Morgan fingerprint density at radius 2 is 1.48 bits per heavy atom. The average molecular weight is 413 g/mol. The van der Waals surface area contributed by atoms with Gasteiger partial charge >= 0.3 is 0 Å². The van der Waals surface area contributed by atoms with Crippen molar-refractivity contribution >= 4 is 31.9 Å². The molecule has 2 aromatic carbocycles. The van der Waals surface area contributed by atoms with E-state index in [0.29, 0.717) is 5.92 Å². The Morgan fingerprint density at radius 1 is 0.857 bits per heavy atom. The fourth-order valence-electron chi connectivity index (χ4n) is 2.15. The Kier molecular flexibility index (Phi) is 5.47. The van der Waals surface area contributed by atoms with Gasteiger partial charge in [-0.3, -0.25) is 0 Å². The number of rotatable bonds is 4. The monoisotopic (exact) mass is 411 g/mol. The summed E-state index contributed by atoms with van der Waals surface area (Å²) >= 11 is 7.01. The Labute approximate surface area is 143 Å². The van der Waals surface area contributed by atoms with Gasteiger partial charge in [0.15, 0.2) is 0 Å². The second-order valence-electron chi connectivity index (χ2n) is 5.41. The van der Waals surface area contributed by atoms with Crippen molar-refractivity contribution < 1.29 is 4.74 Å². The number of hydrogen-bond donors (Lipinski definition) is 1. The molecule has 0 amide bonds. The maximum atomic E-state index is 6.17. The summed E-state index contributed by atoms with van der Waals surface area (Å²) in [7, 11) is 0. The highest BCUT2D eigenvalue weighted by molar-refractivity contribution is 9.10. The normalized spacial score (nSPS) is 12.5. The second kappa shape index (κ2) is 6.95. The van der Waals surface area contributed by atoms with E-state index in [0.717, 1.165) is 26.0 Å². The molecule has 0 spiro atoms. The molecule has 112 valence electrons.